The monoisotopic (exact) mass is 205 g/mol. The molecule has 0 unspecified atom stereocenters. The van der Waals surface area contributed by atoms with E-state index in [1.165, 1.54) is 23.1 Å². The van der Waals surface area contributed by atoms with Crippen molar-refractivity contribution in [2.75, 3.05) is 6.54 Å². The van der Waals surface area contributed by atoms with Gasteiger partial charge in [0, 0.05) is 6.54 Å². The van der Waals surface area contributed by atoms with Crippen LogP contribution in [-0.4, -0.2) is 6.54 Å². The molecule has 0 amide bonds. The van der Waals surface area contributed by atoms with Crippen molar-refractivity contribution in [1.29, 1.82) is 0 Å². The quantitative estimate of drug-likeness (QED) is 0.724. The fourth-order valence-corrected chi connectivity index (χ4v) is 1.91. The summed E-state index contributed by atoms with van der Waals surface area (Å²) < 4.78 is 0. The average Bonchev–Trinajstić information content (AvgIpc) is 2.17. The summed E-state index contributed by atoms with van der Waals surface area (Å²) in [5.74, 6) is 0.627. The molecule has 0 saturated carbocycles. The molecule has 0 aliphatic carbocycles. The van der Waals surface area contributed by atoms with E-state index in [9.17, 15) is 0 Å². The maximum atomic E-state index is 3.43. The Morgan fingerprint density at radius 1 is 1.27 bits per heavy atom. The summed E-state index contributed by atoms with van der Waals surface area (Å²) in [5, 5.41) is 3.43. The molecule has 1 nitrogen and oxygen atoms in total. The minimum atomic E-state index is 0.627. The molecule has 0 aliphatic heterocycles. The van der Waals surface area contributed by atoms with Crippen LogP contribution in [0.3, 0.4) is 0 Å². The van der Waals surface area contributed by atoms with Gasteiger partial charge in [-0.3, -0.25) is 0 Å². The number of nitrogens with one attached hydrogen (secondary N) is 1. The molecule has 1 aromatic carbocycles. The molecule has 84 valence electrons. The lowest BCUT2D eigenvalue weighted by atomic mass is 9.96. The van der Waals surface area contributed by atoms with E-state index in [0.29, 0.717) is 5.92 Å². The van der Waals surface area contributed by atoms with Crippen molar-refractivity contribution >= 4 is 0 Å². The van der Waals surface area contributed by atoms with Gasteiger partial charge in [0.05, 0.1) is 0 Å². The second-order valence-corrected chi connectivity index (χ2v) is 4.52. The van der Waals surface area contributed by atoms with Crippen LogP contribution in [0.4, 0.5) is 0 Å². The third-order valence-corrected chi connectivity index (χ3v) is 2.71. The summed E-state index contributed by atoms with van der Waals surface area (Å²) in [6.07, 6.45) is 1.20. The molecule has 1 heteroatoms. The summed E-state index contributed by atoms with van der Waals surface area (Å²) in [7, 11) is 0. The van der Waals surface area contributed by atoms with E-state index in [1.54, 1.807) is 0 Å². The molecule has 0 radical (unpaired) electrons. The molecule has 1 N–H and O–H groups in total. The molecule has 0 saturated heterocycles. The first-order valence-electron chi connectivity index (χ1n) is 5.95. The first-order valence-corrected chi connectivity index (χ1v) is 5.95. The first kappa shape index (κ1) is 12.3. The van der Waals surface area contributed by atoms with Crippen LogP contribution in [0.2, 0.25) is 0 Å². The normalized spacial score (nSPS) is 11.0. The SMILES string of the molecule is CCCNCc1ccc(C(C)C)c(C)c1. The molecule has 15 heavy (non-hydrogen) atoms. The van der Waals surface area contributed by atoms with Crippen molar-refractivity contribution in [3.8, 4) is 0 Å². The van der Waals surface area contributed by atoms with Gasteiger partial charge in [0.25, 0.3) is 0 Å². The number of rotatable bonds is 5. The van der Waals surface area contributed by atoms with Crippen molar-refractivity contribution in [2.45, 2.75) is 46.6 Å². The van der Waals surface area contributed by atoms with Gasteiger partial charge >= 0.3 is 0 Å². The third-order valence-electron chi connectivity index (χ3n) is 2.71. The molecule has 0 heterocycles. The topological polar surface area (TPSA) is 12.0 Å². The molecular formula is C14H23N. The average molecular weight is 205 g/mol. The van der Waals surface area contributed by atoms with Crippen molar-refractivity contribution in [3.63, 3.8) is 0 Å². The van der Waals surface area contributed by atoms with Crippen molar-refractivity contribution in [1.82, 2.24) is 5.32 Å². The minimum Gasteiger partial charge on any atom is -0.313 e. The van der Waals surface area contributed by atoms with Gasteiger partial charge in [-0.25, -0.2) is 0 Å². The predicted octanol–water partition coefficient (Wildman–Crippen LogP) is 3.62. The Labute approximate surface area is 93.9 Å². The predicted molar refractivity (Wildman–Crippen MR) is 67.3 cm³/mol. The van der Waals surface area contributed by atoms with Crippen molar-refractivity contribution in [2.24, 2.45) is 0 Å². The highest BCUT2D eigenvalue weighted by Crippen LogP contribution is 2.19. The molecule has 1 rings (SSSR count). The van der Waals surface area contributed by atoms with E-state index in [4.69, 9.17) is 0 Å². The van der Waals surface area contributed by atoms with Crippen LogP contribution in [0.25, 0.3) is 0 Å². The number of aryl methyl sites for hydroxylation is 1. The summed E-state index contributed by atoms with van der Waals surface area (Å²) in [4.78, 5) is 0. The van der Waals surface area contributed by atoms with Crippen LogP contribution in [0, 0.1) is 6.92 Å². The van der Waals surface area contributed by atoms with Crippen molar-refractivity contribution in [3.05, 3.63) is 34.9 Å². The third kappa shape index (κ3) is 3.67. The van der Waals surface area contributed by atoms with Crippen LogP contribution in [0.15, 0.2) is 18.2 Å². The highest BCUT2D eigenvalue weighted by atomic mass is 14.8. The van der Waals surface area contributed by atoms with Gasteiger partial charge in [0.15, 0.2) is 0 Å². The van der Waals surface area contributed by atoms with E-state index in [1.807, 2.05) is 0 Å². The minimum absolute atomic E-state index is 0.627. The largest absolute Gasteiger partial charge is 0.313 e. The second-order valence-electron chi connectivity index (χ2n) is 4.52. The molecule has 0 bridgehead atoms. The van der Waals surface area contributed by atoms with Gasteiger partial charge < -0.3 is 5.32 Å². The Morgan fingerprint density at radius 2 is 2.00 bits per heavy atom. The van der Waals surface area contributed by atoms with E-state index < -0.39 is 0 Å². The molecule has 0 atom stereocenters. The Kier molecular flexibility index (Phi) is 4.83. The second kappa shape index (κ2) is 5.92. The zero-order chi connectivity index (χ0) is 11.3. The zero-order valence-corrected chi connectivity index (χ0v) is 10.4. The summed E-state index contributed by atoms with van der Waals surface area (Å²) in [5.41, 5.74) is 4.28. The maximum Gasteiger partial charge on any atom is 0.0205 e. The fraction of sp³-hybridized carbons (Fsp3) is 0.571. The maximum absolute atomic E-state index is 3.43. The van der Waals surface area contributed by atoms with Gasteiger partial charge in [0.1, 0.15) is 0 Å². The number of benzene rings is 1. The Bertz CT molecular complexity index is 302. The standard InChI is InChI=1S/C14H23N/c1-5-8-15-10-13-6-7-14(11(2)3)12(4)9-13/h6-7,9,11,15H,5,8,10H2,1-4H3. The lowest BCUT2D eigenvalue weighted by Gasteiger charge is -2.11. The van der Waals surface area contributed by atoms with E-state index in [2.05, 4.69) is 51.2 Å². The van der Waals surface area contributed by atoms with E-state index in [-0.39, 0.29) is 0 Å². The van der Waals surface area contributed by atoms with Gasteiger partial charge in [-0.2, -0.15) is 0 Å². The van der Waals surface area contributed by atoms with Gasteiger partial charge in [-0.1, -0.05) is 39.0 Å². The highest BCUT2D eigenvalue weighted by Gasteiger charge is 2.03. The molecule has 0 aliphatic rings. The first-order chi connectivity index (χ1) is 7.15. The fourth-order valence-electron chi connectivity index (χ4n) is 1.91. The lowest BCUT2D eigenvalue weighted by molar-refractivity contribution is 0.674. The number of hydrogen-bond acceptors (Lipinski definition) is 1. The molecular weight excluding hydrogens is 182 g/mol. The Balaban J connectivity index is 2.65. The Hall–Kier alpha value is -0.820. The van der Waals surface area contributed by atoms with Crippen LogP contribution < -0.4 is 5.32 Å². The summed E-state index contributed by atoms with van der Waals surface area (Å²) in [6, 6.07) is 6.81. The molecule has 0 spiro atoms. The van der Waals surface area contributed by atoms with Crippen LogP contribution >= 0.6 is 0 Å². The van der Waals surface area contributed by atoms with Crippen LogP contribution in [-0.2, 0) is 6.54 Å². The van der Waals surface area contributed by atoms with E-state index >= 15 is 0 Å². The van der Waals surface area contributed by atoms with Crippen LogP contribution in [0.5, 0.6) is 0 Å². The smallest absolute Gasteiger partial charge is 0.0205 e. The van der Waals surface area contributed by atoms with Gasteiger partial charge in [-0.15, -0.1) is 0 Å². The number of hydrogen-bond donors (Lipinski definition) is 1. The van der Waals surface area contributed by atoms with Gasteiger partial charge in [-0.05, 0) is 42.5 Å². The summed E-state index contributed by atoms with van der Waals surface area (Å²) in [6.45, 7) is 11.0. The highest BCUT2D eigenvalue weighted by molar-refractivity contribution is 5.33. The molecule has 0 fully saturated rings. The summed E-state index contributed by atoms with van der Waals surface area (Å²) >= 11 is 0. The molecule has 0 aromatic heterocycles. The van der Waals surface area contributed by atoms with Crippen molar-refractivity contribution < 1.29 is 0 Å². The Morgan fingerprint density at radius 3 is 2.53 bits per heavy atom. The molecule has 1 aromatic rings. The van der Waals surface area contributed by atoms with Gasteiger partial charge in [0.2, 0.25) is 0 Å². The lowest BCUT2D eigenvalue weighted by Crippen LogP contribution is -2.13. The van der Waals surface area contributed by atoms with Crippen LogP contribution in [0.1, 0.15) is 49.8 Å². The zero-order valence-electron chi connectivity index (χ0n) is 10.4. The van der Waals surface area contributed by atoms with E-state index in [0.717, 1.165) is 13.1 Å².